The van der Waals surface area contributed by atoms with Crippen molar-refractivity contribution in [3.63, 3.8) is 0 Å². The van der Waals surface area contributed by atoms with Crippen molar-refractivity contribution in [3.05, 3.63) is 152 Å². The van der Waals surface area contributed by atoms with Gasteiger partial charge in [0, 0.05) is 21.3 Å². The highest BCUT2D eigenvalue weighted by Gasteiger charge is 2.30. The van der Waals surface area contributed by atoms with E-state index in [1.54, 1.807) is 0 Å². The van der Waals surface area contributed by atoms with E-state index in [4.69, 9.17) is 9.47 Å². The molecule has 0 fully saturated rings. The van der Waals surface area contributed by atoms with E-state index in [0.29, 0.717) is 23.0 Å². The van der Waals surface area contributed by atoms with Crippen LogP contribution in [-0.4, -0.2) is 0 Å². The van der Waals surface area contributed by atoms with Gasteiger partial charge in [-0.25, -0.2) is 0 Å². The predicted molar refractivity (Wildman–Crippen MR) is 173 cm³/mol. The molecule has 0 aromatic heterocycles. The SMILES string of the molecule is O=P(c1ccccc1)(c1ccccc1)c1cccc(-c2cc3c(c4ccccc24)Oc2cc4ccccc4cc2O3)c1. The van der Waals surface area contributed by atoms with Gasteiger partial charge in [-0.2, -0.15) is 0 Å². The first-order valence-electron chi connectivity index (χ1n) is 13.9. The lowest BCUT2D eigenvalue weighted by atomic mass is 9.96. The Morgan fingerprint density at radius 3 is 1.64 bits per heavy atom. The molecule has 0 saturated carbocycles. The van der Waals surface area contributed by atoms with Gasteiger partial charge in [-0.3, -0.25) is 0 Å². The fourth-order valence-corrected chi connectivity index (χ4v) is 8.62. The predicted octanol–water partition coefficient (Wildman–Crippen LogP) is 9.20. The Hall–Kier alpha value is -5.11. The van der Waals surface area contributed by atoms with Gasteiger partial charge in [0.25, 0.3) is 0 Å². The summed E-state index contributed by atoms with van der Waals surface area (Å²) >= 11 is 0. The molecule has 0 aliphatic carbocycles. The standard InChI is InChI=1S/C38H25O3P/c39-42(29-15-3-1-4-16-29,30-17-5-2-6-18-30)31-19-11-14-28(22-31)34-25-37-38(33-21-10-9-20-32(33)34)41-36-24-27-13-8-7-12-26(27)23-35(36)40-37/h1-25H. The second-order valence-electron chi connectivity index (χ2n) is 10.5. The Labute approximate surface area is 244 Å². The quantitative estimate of drug-likeness (QED) is 0.201. The average Bonchev–Trinajstić information content (AvgIpc) is 3.06. The third kappa shape index (κ3) is 3.94. The maximum absolute atomic E-state index is 15.1. The number of rotatable bonds is 4. The molecule has 0 bridgehead atoms. The summed E-state index contributed by atoms with van der Waals surface area (Å²) in [5, 5.41) is 6.59. The molecule has 1 aliphatic heterocycles. The van der Waals surface area contributed by atoms with Gasteiger partial charge in [0.15, 0.2) is 30.1 Å². The molecule has 4 heteroatoms. The maximum Gasteiger partial charge on any atom is 0.177 e. The van der Waals surface area contributed by atoms with Crippen molar-refractivity contribution in [2.75, 3.05) is 0 Å². The van der Waals surface area contributed by atoms with E-state index < -0.39 is 7.14 Å². The van der Waals surface area contributed by atoms with Crippen LogP contribution in [0.15, 0.2) is 152 Å². The molecule has 1 heterocycles. The van der Waals surface area contributed by atoms with Crippen LogP contribution in [0.25, 0.3) is 32.7 Å². The molecule has 200 valence electrons. The fraction of sp³-hybridized carbons (Fsp3) is 0. The Kier molecular flexibility index (Phi) is 5.73. The molecule has 0 N–H and O–H groups in total. The summed E-state index contributed by atoms with van der Waals surface area (Å²) in [6.45, 7) is 0. The van der Waals surface area contributed by atoms with E-state index in [1.807, 2.05) is 115 Å². The lowest BCUT2D eigenvalue weighted by Crippen LogP contribution is -2.25. The summed E-state index contributed by atoms with van der Waals surface area (Å²) in [6.07, 6.45) is 0. The first-order valence-corrected chi connectivity index (χ1v) is 15.7. The highest BCUT2D eigenvalue weighted by molar-refractivity contribution is 7.85. The van der Waals surface area contributed by atoms with E-state index in [-0.39, 0.29) is 0 Å². The first kappa shape index (κ1) is 24.7. The van der Waals surface area contributed by atoms with Gasteiger partial charge in [-0.05, 0) is 51.6 Å². The van der Waals surface area contributed by atoms with Crippen LogP contribution in [0.5, 0.6) is 23.0 Å². The number of hydrogen-bond donors (Lipinski definition) is 0. The van der Waals surface area contributed by atoms with E-state index in [9.17, 15) is 0 Å². The first-order chi connectivity index (χ1) is 20.7. The zero-order valence-electron chi connectivity index (χ0n) is 22.6. The largest absolute Gasteiger partial charge is 0.449 e. The number of hydrogen-bond acceptors (Lipinski definition) is 3. The molecule has 7 aromatic carbocycles. The van der Waals surface area contributed by atoms with Crippen molar-refractivity contribution in [3.8, 4) is 34.1 Å². The number of fused-ring (bicyclic) bond motifs is 5. The van der Waals surface area contributed by atoms with Gasteiger partial charge in [-0.1, -0.05) is 127 Å². The van der Waals surface area contributed by atoms with Crippen LogP contribution in [0.3, 0.4) is 0 Å². The van der Waals surface area contributed by atoms with Crippen LogP contribution in [0, 0.1) is 0 Å². The van der Waals surface area contributed by atoms with Crippen LogP contribution in [0.2, 0.25) is 0 Å². The molecule has 0 atom stereocenters. The minimum Gasteiger partial charge on any atom is -0.449 e. The molecule has 0 spiro atoms. The van der Waals surface area contributed by atoms with Crippen LogP contribution in [-0.2, 0) is 4.57 Å². The lowest BCUT2D eigenvalue weighted by Gasteiger charge is -2.24. The van der Waals surface area contributed by atoms with Gasteiger partial charge < -0.3 is 14.0 Å². The molecule has 0 amide bonds. The highest BCUT2D eigenvalue weighted by atomic mass is 31.2. The van der Waals surface area contributed by atoms with Crippen LogP contribution >= 0.6 is 7.14 Å². The summed E-state index contributed by atoms with van der Waals surface area (Å²) in [7, 11) is -3.13. The van der Waals surface area contributed by atoms with E-state index >= 15 is 4.57 Å². The molecule has 0 radical (unpaired) electrons. The fourth-order valence-electron chi connectivity index (χ4n) is 5.92. The minimum atomic E-state index is -3.13. The third-order valence-corrected chi connectivity index (χ3v) is 11.0. The van der Waals surface area contributed by atoms with Gasteiger partial charge in [0.1, 0.15) is 0 Å². The Morgan fingerprint density at radius 1 is 0.429 bits per heavy atom. The zero-order valence-corrected chi connectivity index (χ0v) is 23.5. The molecule has 0 saturated heterocycles. The van der Waals surface area contributed by atoms with Gasteiger partial charge in [0.2, 0.25) is 0 Å². The van der Waals surface area contributed by atoms with Crippen molar-refractivity contribution in [2.24, 2.45) is 0 Å². The topological polar surface area (TPSA) is 35.5 Å². The summed E-state index contributed by atoms with van der Waals surface area (Å²) in [6, 6.07) is 50.2. The lowest BCUT2D eigenvalue weighted by molar-refractivity contribution is 0.364. The molecular formula is C38H25O3P. The number of ether oxygens (including phenoxy) is 2. The van der Waals surface area contributed by atoms with E-state index in [0.717, 1.165) is 48.6 Å². The molecule has 8 rings (SSSR count). The third-order valence-electron chi connectivity index (χ3n) is 7.97. The summed E-state index contributed by atoms with van der Waals surface area (Å²) in [5.41, 5.74) is 1.96. The van der Waals surface area contributed by atoms with Crippen molar-refractivity contribution < 1.29 is 14.0 Å². The Morgan fingerprint density at radius 2 is 0.976 bits per heavy atom. The molecule has 42 heavy (non-hydrogen) atoms. The van der Waals surface area contributed by atoms with Crippen molar-refractivity contribution >= 4 is 44.6 Å². The molecule has 1 aliphatic rings. The van der Waals surface area contributed by atoms with Crippen molar-refractivity contribution in [1.82, 2.24) is 0 Å². The highest BCUT2D eigenvalue weighted by Crippen LogP contribution is 2.52. The van der Waals surface area contributed by atoms with Crippen molar-refractivity contribution in [1.29, 1.82) is 0 Å². The second kappa shape index (κ2) is 9.76. The smallest absolute Gasteiger partial charge is 0.177 e. The Balaban J connectivity index is 1.31. The van der Waals surface area contributed by atoms with E-state index in [1.165, 1.54) is 0 Å². The summed E-state index contributed by atoms with van der Waals surface area (Å²) < 4.78 is 28.1. The molecule has 3 nitrogen and oxygen atoms in total. The van der Waals surface area contributed by atoms with Crippen LogP contribution in [0.1, 0.15) is 0 Å². The normalized spacial score (nSPS) is 12.3. The van der Waals surface area contributed by atoms with Gasteiger partial charge in [0.05, 0.1) is 0 Å². The van der Waals surface area contributed by atoms with Gasteiger partial charge in [-0.15, -0.1) is 0 Å². The number of benzene rings is 7. The van der Waals surface area contributed by atoms with Crippen LogP contribution < -0.4 is 25.4 Å². The summed E-state index contributed by atoms with van der Waals surface area (Å²) in [5.74, 6) is 2.75. The Bertz CT molecular complexity index is 2130. The summed E-state index contributed by atoms with van der Waals surface area (Å²) in [4.78, 5) is 0. The van der Waals surface area contributed by atoms with Gasteiger partial charge >= 0.3 is 0 Å². The molecular weight excluding hydrogens is 535 g/mol. The maximum atomic E-state index is 15.1. The monoisotopic (exact) mass is 560 g/mol. The van der Waals surface area contributed by atoms with E-state index in [2.05, 4.69) is 36.4 Å². The zero-order chi connectivity index (χ0) is 28.1. The van der Waals surface area contributed by atoms with Crippen molar-refractivity contribution in [2.45, 2.75) is 0 Å². The van der Waals surface area contributed by atoms with Crippen LogP contribution in [0.4, 0.5) is 0 Å². The minimum absolute atomic E-state index is 0.659. The second-order valence-corrected chi connectivity index (χ2v) is 13.2. The average molecular weight is 561 g/mol. The molecule has 7 aromatic rings. The molecule has 0 unspecified atom stereocenters.